The van der Waals surface area contributed by atoms with Crippen LogP contribution in [-0.4, -0.2) is 17.0 Å². The van der Waals surface area contributed by atoms with E-state index < -0.39 is 38.1 Å². The van der Waals surface area contributed by atoms with Crippen molar-refractivity contribution in [3.05, 3.63) is 44.0 Å². The molecule has 0 aliphatic carbocycles. The van der Waals surface area contributed by atoms with Crippen LogP contribution >= 0.6 is 23.2 Å². The van der Waals surface area contributed by atoms with E-state index in [-0.39, 0.29) is 22.0 Å². The highest BCUT2D eigenvalue weighted by molar-refractivity contribution is 7.89. The van der Waals surface area contributed by atoms with Gasteiger partial charge in [0.1, 0.15) is 11.0 Å². The van der Waals surface area contributed by atoms with Gasteiger partial charge in [-0.05, 0) is 12.1 Å². The molecule has 25 heavy (non-hydrogen) atoms. The van der Waals surface area contributed by atoms with Gasteiger partial charge in [-0.15, -0.1) is 5.11 Å². The molecule has 134 valence electrons. The number of alkyl halides is 3. The highest BCUT2D eigenvalue weighted by Gasteiger charge is 2.49. The van der Waals surface area contributed by atoms with Crippen LogP contribution in [0.2, 0.25) is 10.0 Å². The van der Waals surface area contributed by atoms with E-state index in [9.17, 15) is 22.6 Å². The second-order valence-corrected chi connectivity index (χ2v) is 7.39. The minimum Gasteiger partial charge on any atom is -0.371 e. The van der Waals surface area contributed by atoms with Crippen molar-refractivity contribution in [3.63, 3.8) is 0 Å². The van der Waals surface area contributed by atoms with E-state index in [0.717, 1.165) is 0 Å². The van der Waals surface area contributed by atoms with Gasteiger partial charge in [0.15, 0.2) is 5.82 Å². The molecule has 5 nitrogen and oxygen atoms in total. The van der Waals surface area contributed by atoms with Crippen molar-refractivity contribution in [1.29, 1.82) is 5.26 Å². The molecule has 1 heterocycles. The Kier molecular flexibility index (Phi) is 5.47. The number of nitrogens with one attached hydrogen (secondary N) is 1. The first kappa shape index (κ1) is 19.7. The molecular weight excluding hydrogens is 400 g/mol. The predicted molar refractivity (Wildman–Crippen MR) is 88.4 cm³/mol. The van der Waals surface area contributed by atoms with E-state index in [1.165, 1.54) is 7.05 Å². The molecule has 1 aromatic rings. The van der Waals surface area contributed by atoms with E-state index >= 15 is 0 Å². The van der Waals surface area contributed by atoms with Crippen LogP contribution in [0.3, 0.4) is 0 Å². The van der Waals surface area contributed by atoms with Gasteiger partial charge in [-0.2, -0.15) is 23.5 Å². The lowest BCUT2D eigenvalue weighted by Gasteiger charge is -2.23. The summed E-state index contributed by atoms with van der Waals surface area (Å²) in [7, 11) is -0.183. The first-order valence-electron chi connectivity index (χ1n) is 6.84. The van der Waals surface area contributed by atoms with Gasteiger partial charge in [-0.25, -0.2) is 0 Å². The highest BCUT2D eigenvalue weighted by atomic mass is 35.5. The summed E-state index contributed by atoms with van der Waals surface area (Å²) in [6, 6.07) is 3.17. The molecule has 2 unspecified atom stereocenters. The first-order valence-corrected chi connectivity index (χ1v) is 8.91. The number of azo groups is 1. The van der Waals surface area contributed by atoms with Crippen molar-refractivity contribution in [3.8, 4) is 6.07 Å². The number of nitriles is 1. The summed E-state index contributed by atoms with van der Waals surface area (Å²) < 4.78 is 51.2. The average Bonchev–Trinajstić information content (AvgIpc) is 2.92. The first-order chi connectivity index (χ1) is 11.6. The summed E-state index contributed by atoms with van der Waals surface area (Å²) in [6.45, 7) is 1.62. The van der Waals surface area contributed by atoms with Gasteiger partial charge in [0, 0.05) is 28.4 Å². The number of rotatable bonds is 4. The maximum Gasteiger partial charge on any atom is 0.416 e. The Hall–Kier alpha value is -1.63. The molecular formula is C14H11Cl2F3N4OS. The fraction of sp³-hybridized carbons (Fsp3) is 0.357. The maximum atomic E-state index is 12.9. The third kappa shape index (κ3) is 3.26. The summed E-state index contributed by atoms with van der Waals surface area (Å²) >= 11 is 12.0. The molecule has 0 bridgehead atoms. The molecule has 0 fully saturated rings. The number of hydrogen-bond acceptors (Lipinski definition) is 5. The van der Waals surface area contributed by atoms with Crippen molar-refractivity contribution in [2.24, 2.45) is 10.2 Å². The van der Waals surface area contributed by atoms with Gasteiger partial charge in [-0.3, -0.25) is 4.21 Å². The second-order valence-electron chi connectivity index (χ2n) is 4.90. The fourth-order valence-corrected chi connectivity index (χ4v) is 4.27. The molecule has 0 saturated heterocycles. The van der Waals surface area contributed by atoms with Crippen LogP contribution in [0.4, 0.5) is 13.2 Å². The van der Waals surface area contributed by atoms with Crippen LogP contribution in [0.1, 0.15) is 18.1 Å². The van der Waals surface area contributed by atoms with Gasteiger partial charge in [0.05, 0.1) is 16.4 Å². The largest absolute Gasteiger partial charge is 0.416 e. The Morgan fingerprint density at radius 3 is 2.32 bits per heavy atom. The maximum absolute atomic E-state index is 12.9. The van der Waals surface area contributed by atoms with E-state index in [1.807, 2.05) is 6.07 Å². The minimum absolute atomic E-state index is 0.00330. The Morgan fingerprint density at radius 1 is 1.36 bits per heavy atom. The van der Waals surface area contributed by atoms with Gasteiger partial charge < -0.3 is 5.32 Å². The summed E-state index contributed by atoms with van der Waals surface area (Å²) in [5.41, 5.74) is -3.21. The van der Waals surface area contributed by atoms with Crippen LogP contribution in [0.25, 0.3) is 0 Å². The molecule has 1 aliphatic heterocycles. The van der Waals surface area contributed by atoms with Gasteiger partial charge in [-0.1, -0.05) is 30.1 Å². The third-order valence-corrected chi connectivity index (χ3v) is 5.53. The smallest absolute Gasteiger partial charge is 0.371 e. The van der Waals surface area contributed by atoms with Crippen LogP contribution < -0.4 is 5.32 Å². The summed E-state index contributed by atoms with van der Waals surface area (Å²) in [4.78, 5) is 0.00330. The van der Waals surface area contributed by atoms with Crippen LogP contribution in [0.15, 0.2) is 33.1 Å². The zero-order chi connectivity index (χ0) is 19.0. The quantitative estimate of drug-likeness (QED) is 0.800. The second kappa shape index (κ2) is 6.94. The fourth-order valence-electron chi connectivity index (χ4n) is 2.34. The molecule has 1 aromatic carbocycles. The zero-order valence-electron chi connectivity index (χ0n) is 12.9. The normalized spacial score (nSPS) is 21.4. The van der Waals surface area contributed by atoms with Crippen molar-refractivity contribution >= 4 is 34.0 Å². The lowest BCUT2D eigenvalue weighted by Crippen LogP contribution is -2.28. The van der Waals surface area contributed by atoms with E-state index in [1.54, 1.807) is 6.92 Å². The third-order valence-electron chi connectivity index (χ3n) is 3.46. The Labute approximate surface area is 154 Å². The summed E-state index contributed by atoms with van der Waals surface area (Å²) in [5.74, 6) is 0.235. The lowest BCUT2D eigenvalue weighted by atomic mass is 9.91. The zero-order valence-corrected chi connectivity index (χ0v) is 15.2. The van der Waals surface area contributed by atoms with Crippen molar-refractivity contribution in [2.45, 2.75) is 18.6 Å². The van der Waals surface area contributed by atoms with E-state index in [4.69, 9.17) is 23.2 Å². The number of halogens is 5. The summed E-state index contributed by atoms with van der Waals surface area (Å²) in [6.07, 6.45) is -4.66. The number of nitrogens with zero attached hydrogens (tertiary/aromatic N) is 3. The Bertz CT molecular complexity index is 824. The molecule has 0 radical (unpaired) electrons. The molecule has 0 amide bonds. The Morgan fingerprint density at radius 2 is 1.92 bits per heavy atom. The molecule has 1 N–H and O–H groups in total. The molecule has 2 rings (SSSR count). The van der Waals surface area contributed by atoms with Crippen LogP contribution in [0.5, 0.6) is 0 Å². The van der Waals surface area contributed by atoms with Crippen LogP contribution in [-0.2, 0) is 22.5 Å². The lowest BCUT2D eigenvalue weighted by molar-refractivity contribution is -0.137. The van der Waals surface area contributed by atoms with Crippen molar-refractivity contribution < 1.29 is 17.4 Å². The minimum atomic E-state index is -4.66. The predicted octanol–water partition coefficient (Wildman–Crippen LogP) is 4.35. The number of benzene rings is 1. The van der Waals surface area contributed by atoms with Crippen LogP contribution in [0, 0.1) is 11.3 Å². The molecule has 0 saturated carbocycles. The highest BCUT2D eigenvalue weighted by Crippen LogP contribution is 2.48. The van der Waals surface area contributed by atoms with Gasteiger partial charge >= 0.3 is 6.18 Å². The van der Waals surface area contributed by atoms with Gasteiger partial charge in [0.2, 0.25) is 5.54 Å². The standard InChI is InChI=1S/C14H11Cl2F3N4OS/c1-3-25(24)11-12(21-2)22-23-13(11,6-20)10-8(15)4-7(5-9(10)16)14(17,18)19/h4-5,21H,3H2,1-2H3. The topological polar surface area (TPSA) is 77.6 Å². The SMILES string of the molecule is CCS(=O)C1=C(NC)N=NC1(C#N)c1c(Cl)cc(C(F)(F)F)cc1Cl. The van der Waals surface area contributed by atoms with E-state index in [0.29, 0.717) is 12.1 Å². The molecule has 0 aromatic heterocycles. The van der Waals surface area contributed by atoms with Gasteiger partial charge in [0.25, 0.3) is 0 Å². The average molecular weight is 411 g/mol. The molecule has 2 atom stereocenters. The monoisotopic (exact) mass is 410 g/mol. The van der Waals surface area contributed by atoms with Crippen molar-refractivity contribution in [1.82, 2.24) is 5.32 Å². The van der Waals surface area contributed by atoms with Crippen molar-refractivity contribution in [2.75, 3.05) is 12.8 Å². The molecule has 0 spiro atoms. The molecule has 11 heteroatoms. The van der Waals surface area contributed by atoms with E-state index in [2.05, 4.69) is 15.5 Å². The molecule has 1 aliphatic rings. The Balaban J connectivity index is 2.79. The summed E-state index contributed by atoms with van der Waals surface area (Å²) in [5, 5.41) is 19.2. The number of hydrogen-bond donors (Lipinski definition) is 1.